The van der Waals surface area contributed by atoms with Gasteiger partial charge in [0.05, 0.1) is 5.52 Å². The second-order valence-corrected chi connectivity index (χ2v) is 9.00. The van der Waals surface area contributed by atoms with E-state index < -0.39 is 23.9 Å². The van der Waals surface area contributed by atoms with Crippen LogP contribution in [0.15, 0.2) is 91.2 Å². The van der Waals surface area contributed by atoms with Crippen molar-refractivity contribution in [2.75, 3.05) is 31.1 Å². The van der Waals surface area contributed by atoms with Crippen LogP contribution < -0.4 is 4.90 Å². The number of piperazine rings is 1. The number of hydrogen-bond donors (Lipinski definition) is 5. The van der Waals surface area contributed by atoms with Crippen molar-refractivity contribution in [1.29, 1.82) is 0 Å². The van der Waals surface area contributed by atoms with E-state index in [-0.39, 0.29) is 0 Å². The molecule has 42 heavy (non-hydrogen) atoms. The average Bonchev–Trinajstić information content (AvgIpc) is 3.38. The maximum atomic E-state index is 9.55. The van der Waals surface area contributed by atoms with Gasteiger partial charge in [-0.05, 0) is 29.8 Å². The second kappa shape index (κ2) is 15.3. The first-order valence-electron chi connectivity index (χ1n) is 12.8. The third-order valence-corrected chi connectivity index (χ3v) is 6.09. The van der Waals surface area contributed by atoms with E-state index in [1.54, 1.807) is 0 Å². The SMILES string of the molecule is O=C(O)/C=C\C(=O)O.O=C(O)/C=C\C(=O)O.c1ccc2nc(N3CCN(Cc4c[nH]c5ccccc45)CC3)ccc2c1. The third-order valence-electron chi connectivity index (χ3n) is 6.09. The molecule has 3 heterocycles. The zero-order valence-corrected chi connectivity index (χ0v) is 22.5. The number of fused-ring (bicyclic) bond motifs is 2. The zero-order chi connectivity index (χ0) is 30.5. The molecule has 1 aliphatic heterocycles. The molecule has 4 aromatic rings. The molecule has 0 radical (unpaired) electrons. The molecular formula is C30H30N4O8. The lowest BCUT2D eigenvalue weighted by atomic mass is 10.1. The van der Waals surface area contributed by atoms with Crippen molar-refractivity contribution < 1.29 is 39.6 Å². The van der Waals surface area contributed by atoms with E-state index >= 15 is 0 Å². The number of H-pyrrole nitrogens is 1. The van der Waals surface area contributed by atoms with Crippen LogP contribution in [0.3, 0.4) is 0 Å². The number of aromatic nitrogens is 2. The summed E-state index contributed by atoms with van der Waals surface area (Å²) in [7, 11) is 0. The molecule has 1 fully saturated rings. The van der Waals surface area contributed by atoms with Crippen LogP contribution in [-0.4, -0.2) is 85.4 Å². The lowest BCUT2D eigenvalue weighted by Gasteiger charge is -2.35. The lowest BCUT2D eigenvalue weighted by Crippen LogP contribution is -2.46. The normalized spacial score (nSPS) is 13.4. The molecule has 12 heteroatoms. The van der Waals surface area contributed by atoms with Crippen LogP contribution in [0.25, 0.3) is 21.8 Å². The molecule has 1 saturated heterocycles. The van der Waals surface area contributed by atoms with Crippen LogP contribution >= 0.6 is 0 Å². The number of carboxylic acids is 4. The summed E-state index contributed by atoms with van der Waals surface area (Å²) >= 11 is 0. The summed E-state index contributed by atoms with van der Waals surface area (Å²) in [4.78, 5) is 51.4. The Bertz CT molecular complexity index is 1540. The number of pyridine rings is 1. The summed E-state index contributed by atoms with van der Waals surface area (Å²) in [5, 5.41) is 33.8. The van der Waals surface area contributed by atoms with Gasteiger partial charge < -0.3 is 30.3 Å². The summed E-state index contributed by atoms with van der Waals surface area (Å²) in [5.74, 6) is -3.94. The van der Waals surface area contributed by atoms with Gasteiger partial charge in [0.25, 0.3) is 0 Å². The molecule has 0 amide bonds. The number of nitrogens with one attached hydrogen (secondary N) is 1. The Labute approximate surface area is 240 Å². The molecule has 12 nitrogen and oxygen atoms in total. The molecule has 0 unspecified atom stereocenters. The number of anilines is 1. The minimum atomic E-state index is -1.26. The van der Waals surface area contributed by atoms with Gasteiger partial charge in [-0.25, -0.2) is 24.2 Å². The van der Waals surface area contributed by atoms with Crippen LogP contribution in [-0.2, 0) is 25.7 Å². The molecule has 0 atom stereocenters. The summed E-state index contributed by atoms with van der Waals surface area (Å²) in [5.41, 5.74) is 3.69. The van der Waals surface area contributed by atoms with Gasteiger partial charge in [-0.1, -0.05) is 36.4 Å². The fraction of sp³-hybridized carbons (Fsp3) is 0.167. The minimum Gasteiger partial charge on any atom is -0.478 e. The third kappa shape index (κ3) is 9.92. The highest BCUT2D eigenvalue weighted by Crippen LogP contribution is 2.22. The highest BCUT2D eigenvalue weighted by molar-refractivity contribution is 5.90. The quantitative estimate of drug-likeness (QED) is 0.204. The van der Waals surface area contributed by atoms with E-state index in [0.29, 0.717) is 24.3 Å². The van der Waals surface area contributed by atoms with Crippen molar-refractivity contribution in [2.24, 2.45) is 0 Å². The molecule has 2 aromatic carbocycles. The van der Waals surface area contributed by atoms with E-state index in [0.717, 1.165) is 44.1 Å². The first-order valence-corrected chi connectivity index (χ1v) is 12.8. The molecular weight excluding hydrogens is 544 g/mol. The van der Waals surface area contributed by atoms with Crippen LogP contribution in [0.2, 0.25) is 0 Å². The molecule has 0 saturated carbocycles. The highest BCUT2D eigenvalue weighted by atomic mass is 16.4. The number of hydrogen-bond acceptors (Lipinski definition) is 7. The molecule has 5 rings (SSSR count). The minimum absolute atomic E-state index is 0.558. The Morgan fingerprint density at radius 1 is 0.714 bits per heavy atom. The standard InChI is InChI=1S/C22H22N4.2C4H4O4/c1-3-7-20-17(5-1)9-10-22(24-20)26-13-11-25(12-14-26)16-18-15-23-21-8-4-2-6-19(18)21;2*5-3(6)1-2-4(7)8/h1-10,15,23H,11-14,16H2;2*1-2H,(H,5,6)(H,7,8)/b;2*2-1-. The number of rotatable bonds is 7. The molecule has 218 valence electrons. The van der Waals surface area contributed by atoms with Crippen molar-refractivity contribution in [3.8, 4) is 0 Å². The number of nitrogens with zero attached hydrogens (tertiary/aromatic N) is 3. The summed E-state index contributed by atoms with van der Waals surface area (Å²) < 4.78 is 0. The van der Waals surface area contributed by atoms with E-state index in [1.165, 1.54) is 21.9 Å². The molecule has 0 aliphatic carbocycles. The Morgan fingerprint density at radius 2 is 1.26 bits per heavy atom. The maximum absolute atomic E-state index is 9.55. The first-order chi connectivity index (χ1) is 20.1. The number of aliphatic carboxylic acids is 4. The van der Waals surface area contributed by atoms with Crippen LogP contribution in [0, 0.1) is 0 Å². The van der Waals surface area contributed by atoms with Gasteiger partial charge in [-0.3, -0.25) is 4.90 Å². The number of benzene rings is 2. The van der Waals surface area contributed by atoms with E-state index in [9.17, 15) is 19.2 Å². The number of aromatic amines is 1. The van der Waals surface area contributed by atoms with E-state index in [1.807, 2.05) is 0 Å². The van der Waals surface area contributed by atoms with Gasteiger partial charge in [0.15, 0.2) is 0 Å². The van der Waals surface area contributed by atoms with Gasteiger partial charge in [-0.2, -0.15) is 0 Å². The summed E-state index contributed by atoms with van der Waals surface area (Å²) in [6, 6.07) is 21.2. The van der Waals surface area contributed by atoms with E-state index in [2.05, 4.69) is 81.6 Å². The van der Waals surface area contributed by atoms with Crippen molar-refractivity contribution in [3.05, 3.63) is 96.7 Å². The van der Waals surface area contributed by atoms with Gasteiger partial charge >= 0.3 is 23.9 Å². The van der Waals surface area contributed by atoms with Crippen LogP contribution in [0.5, 0.6) is 0 Å². The molecule has 0 bridgehead atoms. The second-order valence-electron chi connectivity index (χ2n) is 9.00. The lowest BCUT2D eigenvalue weighted by molar-refractivity contribution is -0.134. The van der Waals surface area contributed by atoms with Crippen molar-refractivity contribution in [3.63, 3.8) is 0 Å². The summed E-state index contributed by atoms with van der Waals surface area (Å²) in [6.45, 7) is 5.17. The monoisotopic (exact) mass is 574 g/mol. The topological polar surface area (TPSA) is 184 Å². The number of para-hydroxylation sites is 2. The Morgan fingerprint density at radius 3 is 1.86 bits per heavy atom. The average molecular weight is 575 g/mol. The molecule has 0 spiro atoms. The predicted molar refractivity (Wildman–Crippen MR) is 156 cm³/mol. The van der Waals surface area contributed by atoms with Crippen molar-refractivity contribution in [1.82, 2.24) is 14.9 Å². The van der Waals surface area contributed by atoms with Gasteiger partial charge in [-0.15, -0.1) is 0 Å². The fourth-order valence-corrected chi connectivity index (χ4v) is 4.15. The molecule has 1 aliphatic rings. The predicted octanol–water partition coefficient (Wildman–Crippen LogP) is 3.46. The largest absolute Gasteiger partial charge is 0.478 e. The van der Waals surface area contributed by atoms with Crippen molar-refractivity contribution in [2.45, 2.75) is 6.54 Å². The number of carbonyl (C=O) groups is 4. The Balaban J connectivity index is 0.000000252. The van der Waals surface area contributed by atoms with Gasteiger partial charge in [0.1, 0.15) is 5.82 Å². The maximum Gasteiger partial charge on any atom is 0.328 e. The summed E-state index contributed by atoms with van der Waals surface area (Å²) in [6.07, 6.45) is 4.39. The fourth-order valence-electron chi connectivity index (χ4n) is 4.15. The zero-order valence-electron chi connectivity index (χ0n) is 22.5. The Hall–Kier alpha value is -5.49. The number of carboxylic acid groups (broad SMARTS) is 4. The van der Waals surface area contributed by atoms with Gasteiger partial charge in [0.2, 0.25) is 0 Å². The molecule has 2 aromatic heterocycles. The molecule has 5 N–H and O–H groups in total. The van der Waals surface area contributed by atoms with Crippen LogP contribution in [0.4, 0.5) is 5.82 Å². The highest BCUT2D eigenvalue weighted by Gasteiger charge is 2.19. The smallest absolute Gasteiger partial charge is 0.328 e. The van der Waals surface area contributed by atoms with Crippen LogP contribution in [0.1, 0.15) is 5.56 Å². The van der Waals surface area contributed by atoms with Gasteiger partial charge in [0, 0.05) is 79.5 Å². The first kappa shape index (κ1) is 31.0. The Kier molecular flexibility index (Phi) is 11.3. The van der Waals surface area contributed by atoms with Crippen molar-refractivity contribution >= 4 is 51.5 Å². The van der Waals surface area contributed by atoms with E-state index in [4.69, 9.17) is 25.4 Å².